The number of carbonyl (C=O) groups is 1. The van der Waals surface area contributed by atoms with Gasteiger partial charge in [0.1, 0.15) is 12.3 Å². The predicted octanol–water partition coefficient (Wildman–Crippen LogP) is 2.92. The molecule has 1 amide bonds. The number of ether oxygens (including phenoxy) is 1. The van der Waals surface area contributed by atoms with E-state index in [4.69, 9.17) is 4.74 Å². The number of hydrogen-bond acceptors (Lipinski definition) is 5. The van der Waals surface area contributed by atoms with Gasteiger partial charge in [0.05, 0.1) is 29.6 Å². The maximum Gasteiger partial charge on any atom is 0.264 e. The molecule has 0 aliphatic carbocycles. The zero-order valence-corrected chi connectivity index (χ0v) is 16.0. The molecule has 2 aromatic carbocycles. The number of nitrogens with one attached hydrogen (secondary N) is 1. The average Bonchev–Trinajstić information content (AvgIpc) is 2.73. The van der Waals surface area contributed by atoms with Crippen LogP contribution in [0.5, 0.6) is 5.75 Å². The molecule has 0 saturated heterocycles. The minimum Gasteiger partial charge on any atom is -0.497 e. The van der Waals surface area contributed by atoms with Crippen LogP contribution < -0.4 is 14.4 Å². The van der Waals surface area contributed by atoms with Crippen LogP contribution in [0.15, 0.2) is 84.0 Å². The number of rotatable bonds is 7. The number of amides is 1. The third-order valence-corrected chi connectivity index (χ3v) is 5.69. The van der Waals surface area contributed by atoms with Crippen molar-refractivity contribution in [2.75, 3.05) is 23.3 Å². The third-order valence-electron chi connectivity index (χ3n) is 3.91. The smallest absolute Gasteiger partial charge is 0.264 e. The fraction of sp³-hybridized carbons (Fsp3) is 0.100. The molecule has 0 bridgehead atoms. The Morgan fingerprint density at radius 2 is 1.86 bits per heavy atom. The van der Waals surface area contributed by atoms with Crippen LogP contribution in [0.3, 0.4) is 0 Å². The van der Waals surface area contributed by atoms with E-state index in [-0.39, 0.29) is 4.90 Å². The summed E-state index contributed by atoms with van der Waals surface area (Å²) in [6, 6.07) is 17.9. The van der Waals surface area contributed by atoms with Crippen molar-refractivity contribution < 1.29 is 17.9 Å². The summed E-state index contributed by atoms with van der Waals surface area (Å²) in [4.78, 5) is 16.6. The van der Waals surface area contributed by atoms with E-state index in [9.17, 15) is 13.2 Å². The van der Waals surface area contributed by atoms with E-state index in [1.807, 2.05) is 0 Å². The molecule has 0 aliphatic rings. The van der Waals surface area contributed by atoms with Crippen LogP contribution in [-0.2, 0) is 14.8 Å². The van der Waals surface area contributed by atoms with Gasteiger partial charge in [-0.1, -0.05) is 24.3 Å². The van der Waals surface area contributed by atoms with Crippen LogP contribution in [0.1, 0.15) is 0 Å². The van der Waals surface area contributed by atoms with Crippen LogP contribution in [-0.4, -0.2) is 33.0 Å². The number of carbonyl (C=O) groups excluding carboxylic acids is 1. The van der Waals surface area contributed by atoms with E-state index in [1.54, 1.807) is 60.8 Å². The lowest BCUT2D eigenvalue weighted by molar-refractivity contribution is -0.114. The highest BCUT2D eigenvalue weighted by molar-refractivity contribution is 7.92. The van der Waals surface area contributed by atoms with Crippen LogP contribution >= 0.6 is 0 Å². The lowest BCUT2D eigenvalue weighted by Crippen LogP contribution is -2.38. The number of sulfonamides is 1. The molecule has 1 heterocycles. The fourth-order valence-electron chi connectivity index (χ4n) is 2.57. The fourth-order valence-corrected chi connectivity index (χ4v) is 4.00. The van der Waals surface area contributed by atoms with Gasteiger partial charge in [-0.15, -0.1) is 0 Å². The molecule has 3 rings (SSSR count). The lowest BCUT2D eigenvalue weighted by Gasteiger charge is -2.24. The number of aromatic nitrogens is 1. The highest BCUT2D eigenvalue weighted by Crippen LogP contribution is 2.27. The zero-order valence-electron chi connectivity index (χ0n) is 15.1. The van der Waals surface area contributed by atoms with Crippen molar-refractivity contribution in [2.24, 2.45) is 0 Å². The van der Waals surface area contributed by atoms with Gasteiger partial charge in [-0.25, -0.2) is 8.42 Å². The summed E-state index contributed by atoms with van der Waals surface area (Å²) in [6.45, 7) is -0.403. The second-order valence-electron chi connectivity index (χ2n) is 5.82. The van der Waals surface area contributed by atoms with E-state index in [1.165, 1.54) is 25.4 Å². The molecule has 0 unspecified atom stereocenters. The number of methoxy groups -OCH3 is 1. The molecule has 1 N–H and O–H groups in total. The molecule has 0 radical (unpaired) electrons. The highest BCUT2D eigenvalue weighted by atomic mass is 32.2. The van der Waals surface area contributed by atoms with Gasteiger partial charge in [-0.3, -0.25) is 14.1 Å². The Bertz CT molecular complexity index is 1040. The first-order chi connectivity index (χ1) is 13.5. The molecule has 0 aliphatic heterocycles. The summed E-state index contributed by atoms with van der Waals surface area (Å²) in [5, 5.41) is 2.66. The summed E-state index contributed by atoms with van der Waals surface area (Å²) in [7, 11) is -2.47. The minimum atomic E-state index is -3.97. The monoisotopic (exact) mass is 397 g/mol. The number of hydrogen-bond donors (Lipinski definition) is 1. The molecular weight excluding hydrogens is 378 g/mol. The number of pyridine rings is 1. The Morgan fingerprint density at radius 3 is 2.54 bits per heavy atom. The molecule has 7 nitrogen and oxygen atoms in total. The van der Waals surface area contributed by atoms with E-state index in [2.05, 4.69) is 10.3 Å². The first kappa shape index (κ1) is 19.4. The molecule has 3 aromatic rings. The summed E-state index contributed by atoms with van der Waals surface area (Å²) in [6.07, 6.45) is 3.07. The molecule has 1 aromatic heterocycles. The Kier molecular flexibility index (Phi) is 5.90. The van der Waals surface area contributed by atoms with Crippen LogP contribution in [0.25, 0.3) is 0 Å². The van der Waals surface area contributed by atoms with Gasteiger partial charge in [-0.05, 0) is 36.4 Å². The Hall–Kier alpha value is -3.39. The predicted molar refractivity (Wildman–Crippen MR) is 107 cm³/mol. The molecule has 0 saturated carbocycles. The van der Waals surface area contributed by atoms with E-state index >= 15 is 0 Å². The molecular formula is C20H19N3O4S. The van der Waals surface area contributed by atoms with Crippen LogP contribution in [0.2, 0.25) is 0 Å². The van der Waals surface area contributed by atoms with E-state index < -0.39 is 22.5 Å². The molecule has 0 fully saturated rings. The first-order valence-electron chi connectivity index (χ1n) is 8.42. The summed E-state index contributed by atoms with van der Waals surface area (Å²) in [5.74, 6) is -0.00578. The standard InChI is InChI=1S/C20H19N3O4S/c1-27-18-9-5-8-17(13-18)23(28(25,26)19-10-3-2-4-11-19)15-20(24)22-16-7-6-12-21-14-16/h2-14H,15H2,1H3,(H,22,24). The van der Waals surface area contributed by atoms with Crippen molar-refractivity contribution in [1.82, 2.24) is 4.98 Å². The van der Waals surface area contributed by atoms with Gasteiger partial charge in [0.25, 0.3) is 10.0 Å². The lowest BCUT2D eigenvalue weighted by atomic mass is 10.3. The van der Waals surface area contributed by atoms with Gasteiger partial charge in [0, 0.05) is 12.3 Å². The maximum absolute atomic E-state index is 13.2. The van der Waals surface area contributed by atoms with Crippen LogP contribution in [0.4, 0.5) is 11.4 Å². The van der Waals surface area contributed by atoms with E-state index in [0.717, 1.165) is 4.31 Å². The van der Waals surface area contributed by atoms with Crippen molar-refractivity contribution >= 4 is 27.3 Å². The third kappa shape index (κ3) is 4.47. The second-order valence-corrected chi connectivity index (χ2v) is 7.68. The average molecular weight is 397 g/mol. The SMILES string of the molecule is COc1cccc(N(CC(=O)Nc2cccnc2)S(=O)(=O)c2ccccc2)c1. The van der Waals surface area contributed by atoms with Gasteiger partial charge >= 0.3 is 0 Å². The van der Waals surface area contributed by atoms with Crippen molar-refractivity contribution in [3.05, 3.63) is 79.1 Å². The number of benzene rings is 2. The Labute approximate surface area is 163 Å². The summed E-state index contributed by atoms with van der Waals surface area (Å²) < 4.78 is 32.7. The van der Waals surface area contributed by atoms with Crippen molar-refractivity contribution in [3.63, 3.8) is 0 Å². The molecule has 8 heteroatoms. The topological polar surface area (TPSA) is 88.6 Å². The first-order valence-corrected chi connectivity index (χ1v) is 9.86. The normalized spacial score (nSPS) is 10.9. The number of anilines is 2. The largest absolute Gasteiger partial charge is 0.497 e. The Morgan fingerprint density at radius 1 is 1.07 bits per heavy atom. The maximum atomic E-state index is 13.2. The Balaban J connectivity index is 1.96. The highest BCUT2D eigenvalue weighted by Gasteiger charge is 2.27. The second kappa shape index (κ2) is 8.53. The van der Waals surface area contributed by atoms with Gasteiger partial charge in [0.15, 0.2) is 0 Å². The summed E-state index contributed by atoms with van der Waals surface area (Å²) >= 11 is 0. The van der Waals surface area contributed by atoms with Crippen LogP contribution in [0, 0.1) is 0 Å². The summed E-state index contributed by atoms with van der Waals surface area (Å²) in [5.41, 5.74) is 0.805. The molecule has 144 valence electrons. The molecule has 28 heavy (non-hydrogen) atoms. The van der Waals surface area contributed by atoms with Gasteiger partial charge in [0.2, 0.25) is 5.91 Å². The zero-order chi connectivity index (χ0) is 20.0. The van der Waals surface area contributed by atoms with Crippen molar-refractivity contribution in [3.8, 4) is 5.75 Å². The van der Waals surface area contributed by atoms with E-state index in [0.29, 0.717) is 17.1 Å². The minimum absolute atomic E-state index is 0.0898. The number of nitrogens with zero attached hydrogens (tertiary/aromatic N) is 2. The van der Waals surface area contributed by atoms with Gasteiger partial charge < -0.3 is 10.1 Å². The quantitative estimate of drug-likeness (QED) is 0.662. The van der Waals surface area contributed by atoms with Crippen molar-refractivity contribution in [1.29, 1.82) is 0 Å². The van der Waals surface area contributed by atoms with Gasteiger partial charge in [-0.2, -0.15) is 0 Å². The van der Waals surface area contributed by atoms with Crippen molar-refractivity contribution in [2.45, 2.75) is 4.90 Å². The molecule has 0 spiro atoms. The molecule has 0 atom stereocenters.